The molecule has 0 saturated carbocycles. The molecule has 1 atom stereocenters. The molecule has 0 aliphatic heterocycles. The van der Waals surface area contributed by atoms with Crippen LogP contribution in [0.5, 0.6) is 0 Å². The first-order valence-corrected chi connectivity index (χ1v) is 5.63. The predicted octanol–water partition coefficient (Wildman–Crippen LogP) is 4.26. The van der Waals surface area contributed by atoms with Gasteiger partial charge in [0.05, 0.1) is 0 Å². The summed E-state index contributed by atoms with van der Waals surface area (Å²) in [6.07, 6.45) is 1.34. The maximum atomic E-state index is 9.27. The molecule has 2 aromatic rings. The molecule has 1 radical (unpaired) electrons. The predicted molar refractivity (Wildman–Crippen MR) is 78.7 cm³/mol. The topological polar surface area (TPSA) is 20.2 Å². The summed E-state index contributed by atoms with van der Waals surface area (Å²) in [4.78, 5) is 0. The second kappa shape index (κ2) is 11.8. The van der Waals surface area contributed by atoms with Crippen LogP contribution in [0.15, 0.2) is 60.7 Å². The second-order valence-corrected chi connectivity index (χ2v) is 3.67. The van der Waals surface area contributed by atoms with Crippen molar-refractivity contribution in [3.8, 4) is 0 Å². The van der Waals surface area contributed by atoms with E-state index >= 15 is 0 Å². The summed E-state index contributed by atoms with van der Waals surface area (Å²) in [6.45, 7) is 5.57. The van der Waals surface area contributed by atoms with Gasteiger partial charge in [0.15, 0.2) is 0 Å². The molecule has 2 heteroatoms. The Morgan fingerprint density at radius 3 is 1.68 bits per heavy atom. The largest absolute Gasteiger partial charge is 3.00 e. The first-order valence-electron chi connectivity index (χ1n) is 5.63. The van der Waals surface area contributed by atoms with E-state index in [1.807, 2.05) is 67.6 Å². The van der Waals surface area contributed by atoms with Crippen molar-refractivity contribution in [2.24, 2.45) is 0 Å². The summed E-state index contributed by atoms with van der Waals surface area (Å²) < 4.78 is 0. The van der Waals surface area contributed by atoms with Crippen molar-refractivity contribution in [2.75, 3.05) is 0 Å². The number of aliphatic hydroxyl groups excluding tert-OH is 1. The van der Waals surface area contributed by atoms with Crippen molar-refractivity contribution in [3.05, 3.63) is 92.6 Å². The molecule has 1 nitrogen and oxygen atoms in total. The molecule has 0 heterocycles. The number of aliphatic hydroxyl groups is 1. The zero-order chi connectivity index (χ0) is 12.5. The molecule has 1 N–H and O–H groups in total. The normalized spacial score (nSPS) is 10.0. The van der Waals surface area contributed by atoms with Gasteiger partial charge in [-0.1, -0.05) is 42.0 Å². The standard InChI is InChI=1S/C9H11O.C7H7.CH3.Ni/c1-2-9(10)8-6-4-3-5-7-8;1-7-5-3-2-4-6-7;;/h2-7,9-10H,1H3;2-6H,1H2;1H3;/q3*-1;+3/t9-;;;/m1.../s1. The van der Waals surface area contributed by atoms with Crippen LogP contribution in [0.4, 0.5) is 0 Å². The minimum atomic E-state index is -0.416. The number of rotatable bonds is 2. The van der Waals surface area contributed by atoms with E-state index in [1.54, 1.807) is 6.42 Å². The average molecular weight is 300 g/mol. The Bertz CT molecular complexity index is 400. The third kappa shape index (κ3) is 8.48. The summed E-state index contributed by atoms with van der Waals surface area (Å²) in [7, 11) is 0. The van der Waals surface area contributed by atoms with Crippen LogP contribution < -0.4 is 0 Å². The molecule has 0 bridgehead atoms. The van der Waals surface area contributed by atoms with Crippen molar-refractivity contribution in [1.82, 2.24) is 0 Å². The molecule has 0 fully saturated rings. The average Bonchev–Trinajstić information content (AvgIpc) is 2.40. The minimum absolute atomic E-state index is 0. The zero-order valence-electron chi connectivity index (χ0n) is 11.4. The second-order valence-electron chi connectivity index (χ2n) is 3.67. The molecular weight excluding hydrogens is 279 g/mol. The first-order chi connectivity index (χ1) is 8.24. The van der Waals surface area contributed by atoms with Gasteiger partial charge < -0.3 is 12.5 Å². The number of hydrogen-bond acceptors (Lipinski definition) is 1. The molecule has 0 spiro atoms. The maximum Gasteiger partial charge on any atom is 3.00 e. The number of hydrogen-bond donors (Lipinski definition) is 1. The van der Waals surface area contributed by atoms with Crippen LogP contribution in [0.3, 0.4) is 0 Å². The summed E-state index contributed by atoms with van der Waals surface area (Å²) in [5.41, 5.74) is 2.02. The van der Waals surface area contributed by atoms with E-state index in [0.717, 1.165) is 11.1 Å². The van der Waals surface area contributed by atoms with Gasteiger partial charge in [-0.05, 0) is 6.10 Å². The monoisotopic (exact) mass is 299 g/mol. The van der Waals surface area contributed by atoms with E-state index < -0.39 is 6.10 Å². The fourth-order valence-electron chi connectivity index (χ4n) is 1.32. The Labute approximate surface area is 127 Å². The van der Waals surface area contributed by atoms with Crippen molar-refractivity contribution in [2.45, 2.75) is 13.0 Å². The van der Waals surface area contributed by atoms with E-state index in [1.165, 1.54) is 0 Å². The van der Waals surface area contributed by atoms with Crippen LogP contribution in [0.1, 0.15) is 24.2 Å². The van der Waals surface area contributed by atoms with Gasteiger partial charge in [-0.25, -0.2) is 0 Å². The Morgan fingerprint density at radius 1 is 0.947 bits per heavy atom. The molecule has 0 amide bonds. The SMILES string of the molecule is C[CH-][C@@H](O)c1ccccc1.[CH2-]c1ccccc1.[CH3-].[Ni+3]. The first kappa shape index (κ1) is 20.1. The molecule has 19 heavy (non-hydrogen) atoms. The molecule has 0 aliphatic carbocycles. The Balaban J connectivity index is 0. The summed E-state index contributed by atoms with van der Waals surface area (Å²) in [5.74, 6) is 0. The van der Waals surface area contributed by atoms with Gasteiger partial charge in [-0.15, -0.1) is 12.1 Å². The van der Waals surface area contributed by atoms with Crippen LogP contribution in [-0.4, -0.2) is 5.11 Å². The molecule has 105 valence electrons. The Morgan fingerprint density at radius 2 is 1.37 bits per heavy atom. The Hall–Kier alpha value is -1.24. The van der Waals surface area contributed by atoms with Crippen LogP contribution in [0, 0.1) is 20.8 Å². The zero-order valence-corrected chi connectivity index (χ0v) is 12.4. The molecule has 0 aromatic heterocycles. The smallest absolute Gasteiger partial charge is 0.421 e. The third-order valence-electron chi connectivity index (χ3n) is 2.30. The van der Waals surface area contributed by atoms with Gasteiger partial charge in [-0.3, -0.25) is 6.42 Å². The van der Waals surface area contributed by atoms with Gasteiger partial charge in [0, 0.05) is 0 Å². The molecule has 0 saturated heterocycles. The Kier molecular flexibility index (Phi) is 12.5. The van der Waals surface area contributed by atoms with Crippen LogP contribution >= 0.6 is 0 Å². The van der Waals surface area contributed by atoms with Gasteiger partial charge >= 0.3 is 16.5 Å². The third-order valence-corrected chi connectivity index (χ3v) is 2.30. The molecule has 2 aromatic carbocycles. The summed E-state index contributed by atoms with van der Waals surface area (Å²) in [5, 5.41) is 9.27. The van der Waals surface area contributed by atoms with Crippen molar-refractivity contribution < 1.29 is 21.6 Å². The number of benzene rings is 2. The maximum absolute atomic E-state index is 9.27. The summed E-state index contributed by atoms with van der Waals surface area (Å²) in [6, 6.07) is 19.5. The van der Waals surface area contributed by atoms with Crippen LogP contribution in [-0.2, 0) is 16.5 Å². The summed E-state index contributed by atoms with van der Waals surface area (Å²) >= 11 is 0. The fourth-order valence-corrected chi connectivity index (χ4v) is 1.32. The van der Waals surface area contributed by atoms with Crippen LogP contribution in [0.25, 0.3) is 0 Å². The van der Waals surface area contributed by atoms with E-state index in [0.29, 0.717) is 0 Å². The van der Waals surface area contributed by atoms with Gasteiger partial charge in [0.1, 0.15) is 0 Å². The van der Waals surface area contributed by atoms with E-state index in [4.69, 9.17) is 0 Å². The quantitative estimate of drug-likeness (QED) is 0.649. The van der Waals surface area contributed by atoms with Crippen LogP contribution in [0.2, 0.25) is 0 Å². The van der Waals surface area contributed by atoms with Crippen molar-refractivity contribution in [3.63, 3.8) is 0 Å². The van der Waals surface area contributed by atoms with E-state index in [-0.39, 0.29) is 23.9 Å². The molecule has 2 rings (SSSR count). The molecule has 0 aliphatic rings. The minimum Gasteiger partial charge on any atom is -0.421 e. The van der Waals surface area contributed by atoms with Gasteiger partial charge in [-0.2, -0.15) is 31.5 Å². The van der Waals surface area contributed by atoms with Gasteiger partial charge in [0.25, 0.3) is 0 Å². The van der Waals surface area contributed by atoms with E-state index in [2.05, 4.69) is 6.92 Å². The fraction of sp³-hybridized carbons (Fsp3) is 0.118. The van der Waals surface area contributed by atoms with E-state index in [9.17, 15) is 5.11 Å². The molecular formula is C17H21NiO. The van der Waals surface area contributed by atoms with Crippen molar-refractivity contribution in [1.29, 1.82) is 0 Å². The van der Waals surface area contributed by atoms with Crippen molar-refractivity contribution >= 4 is 0 Å². The molecule has 0 unspecified atom stereocenters. The van der Waals surface area contributed by atoms with Gasteiger partial charge in [0.2, 0.25) is 0 Å².